The Balaban J connectivity index is 4.32. The number of rotatable bonds is 7. The minimum Gasteiger partial charge on any atom is -0.467 e. The van der Waals surface area contributed by atoms with Gasteiger partial charge in [-0.2, -0.15) is 0 Å². The van der Waals surface area contributed by atoms with Crippen molar-refractivity contribution >= 4 is 17.8 Å². The maximum absolute atomic E-state index is 11.4. The zero-order chi connectivity index (χ0) is 14.3. The minimum atomic E-state index is -0.781. The average Bonchev–Trinajstić information content (AvgIpc) is 2.25. The van der Waals surface area contributed by atoms with Crippen LogP contribution in [0.15, 0.2) is 0 Å². The third-order valence-electron chi connectivity index (χ3n) is 2.45. The van der Waals surface area contributed by atoms with Crippen LogP contribution in [-0.4, -0.2) is 44.0 Å². The minimum absolute atomic E-state index is 0.170. The first-order chi connectivity index (χ1) is 8.20. The van der Waals surface area contributed by atoms with Gasteiger partial charge >= 0.3 is 5.97 Å². The molecule has 7 heteroatoms. The second kappa shape index (κ2) is 6.95. The van der Waals surface area contributed by atoms with Gasteiger partial charge in [0.1, 0.15) is 6.04 Å². The van der Waals surface area contributed by atoms with Crippen LogP contribution in [0.5, 0.6) is 0 Å². The first-order valence-corrected chi connectivity index (χ1v) is 5.56. The quantitative estimate of drug-likeness (QED) is 0.496. The van der Waals surface area contributed by atoms with Crippen LogP contribution in [0.25, 0.3) is 0 Å². The highest BCUT2D eigenvalue weighted by molar-refractivity contribution is 5.83. The summed E-state index contributed by atoms with van der Waals surface area (Å²) in [5, 5.41) is 5.37. The summed E-state index contributed by atoms with van der Waals surface area (Å²) < 4.78 is 4.56. The molecule has 0 aromatic heterocycles. The lowest BCUT2D eigenvalue weighted by Gasteiger charge is -2.23. The van der Waals surface area contributed by atoms with Gasteiger partial charge in [0.05, 0.1) is 12.5 Å². The number of esters is 1. The Bertz CT molecular complexity index is 328. The van der Waals surface area contributed by atoms with E-state index in [9.17, 15) is 14.4 Å². The third kappa shape index (κ3) is 5.62. The molecular formula is C11H21N3O4. The van der Waals surface area contributed by atoms with Crippen LogP contribution < -0.4 is 16.4 Å². The Morgan fingerprint density at radius 3 is 2.28 bits per heavy atom. The molecule has 1 unspecified atom stereocenters. The number of ether oxygens (including phenoxy) is 1. The molecule has 0 aromatic carbocycles. The van der Waals surface area contributed by atoms with Gasteiger partial charge in [0.2, 0.25) is 11.8 Å². The molecule has 4 N–H and O–H groups in total. The summed E-state index contributed by atoms with van der Waals surface area (Å²) in [6.45, 7) is 5.16. The van der Waals surface area contributed by atoms with Crippen LogP contribution in [0.1, 0.15) is 20.8 Å². The molecule has 0 saturated carbocycles. The molecular weight excluding hydrogens is 238 g/mol. The van der Waals surface area contributed by atoms with Crippen LogP contribution in [0.2, 0.25) is 0 Å². The van der Waals surface area contributed by atoms with Gasteiger partial charge in [-0.15, -0.1) is 0 Å². The molecule has 0 bridgehead atoms. The van der Waals surface area contributed by atoms with E-state index in [0.717, 1.165) is 0 Å². The van der Waals surface area contributed by atoms with E-state index in [4.69, 9.17) is 5.73 Å². The highest BCUT2D eigenvalue weighted by Gasteiger charge is 2.26. The molecule has 0 aromatic rings. The number of amides is 2. The molecule has 0 fully saturated rings. The fourth-order valence-electron chi connectivity index (χ4n) is 1.20. The first kappa shape index (κ1) is 16.4. The lowest BCUT2D eigenvalue weighted by molar-refractivity contribution is -0.144. The lowest BCUT2D eigenvalue weighted by atomic mass is 9.93. The van der Waals surface area contributed by atoms with E-state index < -0.39 is 23.3 Å². The average molecular weight is 259 g/mol. The number of nitrogens with two attached hydrogens (primary N) is 1. The monoisotopic (exact) mass is 259 g/mol. The van der Waals surface area contributed by atoms with E-state index in [2.05, 4.69) is 15.4 Å². The molecule has 104 valence electrons. The van der Waals surface area contributed by atoms with Crippen LogP contribution >= 0.6 is 0 Å². The van der Waals surface area contributed by atoms with E-state index in [1.807, 2.05) is 0 Å². The SMILES string of the molecule is COC(=O)C(CNCC(C)(C)C(N)=O)NC(C)=O. The summed E-state index contributed by atoms with van der Waals surface area (Å²) in [4.78, 5) is 33.4. The molecule has 0 radical (unpaired) electrons. The third-order valence-corrected chi connectivity index (χ3v) is 2.45. The van der Waals surface area contributed by atoms with Crippen LogP contribution in [-0.2, 0) is 19.1 Å². The Morgan fingerprint density at radius 1 is 1.33 bits per heavy atom. The molecule has 0 rings (SSSR count). The van der Waals surface area contributed by atoms with Crippen molar-refractivity contribution in [3.8, 4) is 0 Å². The zero-order valence-corrected chi connectivity index (χ0v) is 11.2. The molecule has 7 nitrogen and oxygen atoms in total. The fraction of sp³-hybridized carbons (Fsp3) is 0.727. The van der Waals surface area contributed by atoms with Crippen molar-refractivity contribution < 1.29 is 19.1 Å². The Morgan fingerprint density at radius 2 is 1.89 bits per heavy atom. The van der Waals surface area contributed by atoms with E-state index in [0.29, 0.717) is 6.54 Å². The summed E-state index contributed by atoms with van der Waals surface area (Å²) in [5.41, 5.74) is 4.49. The highest BCUT2D eigenvalue weighted by Crippen LogP contribution is 2.11. The number of nitrogens with one attached hydrogen (secondary N) is 2. The summed E-state index contributed by atoms with van der Waals surface area (Å²) >= 11 is 0. The van der Waals surface area contributed by atoms with E-state index in [1.165, 1.54) is 14.0 Å². The standard InChI is InChI=1S/C11H21N3O4/c1-7(15)14-8(9(16)18-4)5-13-6-11(2,3)10(12)17/h8,13H,5-6H2,1-4H3,(H2,12,17)(H,14,15). The predicted octanol–water partition coefficient (Wildman–Crippen LogP) is -1.23. The predicted molar refractivity (Wildman–Crippen MR) is 65.5 cm³/mol. The molecule has 0 aliphatic carbocycles. The number of primary amides is 1. The van der Waals surface area contributed by atoms with Crippen molar-refractivity contribution in [2.45, 2.75) is 26.8 Å². The van der Waals surface area contributed by atoms with Gasteiger partial charge in [-0.05, 0) is 13.8 Å². The maximum Gasteiger partial charge on any atom is 0.329 e. The van der Waals surface area contributed by atoms with Gasteiger partial charge < -0.3 is 21.1 Å². The second-order valence-electron chi connectivity index (χ2n) is 4.66. The molecule has 18 heavy (non-hydrogen) atoms. The van der Waals surface area contributed by atoms with Crippen molar-refractivity contribution in [1.29, 1.82) is 0 Å². The fourth-order valence-corrected chi connectivity index (χ4v) is 1.20. The lowest BCUT2D eigenvalue weighted by Crippen LogP contribution is -2.49. The largest absolute Gasteiger partial charge is 0.467 e. The number of methoxy groups -OCH3 is 1. The number of carbonyl (C=O) groups excluding carboxylic acids is 3. The van der Waals surface area contributed by atoms with Gasteiger partial charge in [-0.25, -0.2) is 4.79 Å². The Kier molecular flexibility index (Phi) is 6.32. The number of carbonyl (C=O) groups is 3. The Hall–Kier alpha value is -1.63. The van der Waals surface area contributed by atoms with Crippen molar-refractivity contribution in [2.24, 2.45) is 11.1 Å². The normalized spacial score (nSPS) is 12.7. The van der Waals surface area contributed by atoms with Crippen molar-refractivity contribution in [3.05, 3.63) is 0 Å². The van der Waals surface area contributed by atoms with Gasteiger partial charge in [-0.1, -0.05) is 0 Å². The van der Waals surface area contributed by atoms with Gasteiger partial charge in [0.15, 0.2) is 0 Å². The first-order valence-electron chi connectivity index (χ1n) is 5.56. The van der Waals surface area contributed by atoms with E-state index in [-0.39, 0.29) is 12.5 Å². The Labute approximate surface area is 106 Å². The summed E-state index contributed by atoms with van der Waals surface area (Å²) in [6, 6.07) is -0.781. The second-order valence-corrected chi connectivity index (χ2v) is 4.66. The molecule has 0 aliphatic rings. The van der Waals surface area contributed by atoms with E-state index >= 15 is 0 Å². The van der Waals surface area contributed by atoms with Gasteiger partial charge in [0, 0.05) is 20.0 Å². The van der Waals surface area contributed by atoms with Crippen LogP contribution in [0.3, 0.4) is 0 Å². The van der Waals surface area contributed by atoms with Gasteiger partial charge in [0.25, 0.3) is 0 Å². The molecule has 0 aliphatic heterocycles. The summed E-state index contributed by atoms with van der Waals surface area (Å²) in [6.07, 6.45) is 0. The van der Waals surface area contributed by atoms with Crippen molar-refractivity contribution in [1.82, 2.24) is 10.6 Å². The number of hydrogen-bond donors (Lipinski definition) is 3. The molecule has 0 heterocycles. The maximum atomic E-state index is 11.4. The zero-order valence-electron chi connectivity index (χ0n) is 11.2. The molecule has 1 atom stereocenters. The van der Waals surface area contributed by atoms with Crippen LogP contribution in [0.4, 0.5) is 0 Å². The number of hydrogen-bond acceptors (Lipinski definition) is 5. The summed E-state index contributed by atoms with van der Waals surface area (Å²) in [5.74, 6) is -1.32. The van der Waals surface area contributed by atoms with E-state index in [1.54, 1.807) is 13.8 Å². The van der Waals surface area contributed by atoms with Crippen molar-refractivity contribution in [2.75, 3.05) is 20.2 Å². The van der Waals surface area contributed by atoms with Crippen LogP contribution in [0, 0.1) is 5.41 Å². The smallest absolute Gasteiger partial charge is 0.329 e. The molecule has 0 saturated heterocycles. The topological polar surface area (TPSA) is 111 Å². The highest BCUT2D eigenvalue weighted by atomic mass is 16.5. The van der Waals surface area contributed by atoms with Gasteiger partial charge in [-0.3, -0.25) is 9.59 Å². The van der Waals surface area contributed by atoms with Crippen molar-refractivity contribution in [3.63, 3.8) is 0 Å². The molecule has 2 amide bonds. The summed E-state index contributed by atoms with van der Waals surface area (Å²) in [7, 11) is 1.24. The molecule has 0 spiro atoms.